The molecular formula is C10H12ClNOS. The highest BCUT2D eigenvalue weighted by atomic mass is 35.5. The van der Waals surface area contributed by atoms with Gasteiger partial charge >= 0.3 is 0 Å². The normalized spacial score (nSPS) is 17.2. The van der Waals surface area contributed by atoms with Gasteiger partial charge in [0, 0.05) is 6.04 Å². The smallest absolute Gasteiger partial charge is 0.261 e. The second kappa shape index (κ2) is 4.32. The Kier molecular flexibility index (Phi) is 3.08. The van der Waals surface area contributed by atoms with Crippen LogP contribution < -0.4 is 5.32 Å². The SMILES string of the molecule is O=C(NC1CCCC1)c1ccc(Cl)s1. The Balaban J connectivity index is 1.95. The van der Waals surface area contributed by atoms with Gasteiger partial charge in [-0.2, -0.15) is 0 Å². The monoisotopic (exact) mass is 229 g/mol. The third-order valence-corrected chi connectivity index (χ3v) is 3.72. The van der Waals surface area contributed by atoms with Crippen molar-refractivity contribution >= 4 is 28.8 Å². The molecule has 1 N–H and O–H groups in total. The molecular weight excluding hydrogens is 218 g/mol. The van der Waals surface area contributed by atoms with Crippen LogP contribution in [-0.2, 0) is 0 Å². The lowest BCUT2D eigenvalue weighted by Crippen LogP contribution is -2.31. The zero-order valence-corrected chi connectivity index (χ0v) is 9.33. The highest BCUT2D eigenvalue weighted by Gasteiger charge is 2.18. The number of carbonyl (C=O) groups excluding carboxylic acids is 1. The maximum absolute atomic E-state index is 11.7. The lowest BCUT2D eigenvalue weighted by Gasteiger charge is -2.10. The fourth-order valence-electron chi connectivity index (χ4n) is 1.76. The van der Waals surface area contributed by atoms with E-state index in [0.29, 0.717) is 15.3 Å². The van der Waals surface area contributed by atoms with Crippen LogP contribution in [0, 0.1) is 0 Å². The second-order valence-corrected chi connectivity index (χ2v) is 5.27. The Labute approximate surface area is 92.3 Å². The zero-order chi connectivity index (χ0) is 9.97. The molecule has 0 spiro atoms. The molecule has 4 heteroatoms. The number of halogens is 1. The number of amides is 1. The topological polar surface area (TPSA) is 29.1 Å². The van der Waals surface area contributed by atoms with E-state index in [4.69, 9.17) is 11.6 Å². The van der Waals surface area contributed by atoms with Crippen molar-refractivity contribution in [3.05, 3.63) is 21.3 Å². The van der Waals surface area contributed by atoms with Crippen LogP contribution in [0.1, 0.15) is 35.4 Å². The largest absolute Gasteiger partial charge is 0.349 e. The van der Waals surface area contributed by atoms with Crippen LogP contribution >= 0.6 is 22.9 Å². The summed E-state index contributed by atoms with van der Waals surface area (Å²) in [6.45, 7) is 0. The first kappa shape index (κ1) is 9.99. The van der Waals surface area contributed by atoms with Crippen LogP contribution in [0.15, 0.2) is 12.1 Å². The molecule has 1 saturated carbocycles. The standard InChI is InChI=1S/C10H12ClNOS/c11-9-6-5-8(14-9)10(13)12-7-3-1-2-4-7/h5-7H,1-4H2,(H,12,13). The van der Waals surface area contributed by atoms with Gasteiger partial charge in [-0.25, -0.2) is 0 Å². The summed E-state index contributed by atoms with van der Waals surface area (Å²) < 4.78 is 0.668. The third-order valence-electron chi connectivity index (χ3n) is 2.49. The number of nitrogens with one attached hydrogen (secondary N) is 1. The average Bonchev–Trinajstić information content (AvgIpc) is 2.75. The van der Waals surface area contributed by atoms with Gasteiger partial charge in [0.25, 0.3) is 5.91 Å². The number of rotatable bonds is 2. The van der Waals surface area contributed by atoms with Gasteiger partial charge < -0.3 is 5.32 Å². The molecule has 0 bridgehead atoms. The minimum Gasteiger partial charge on any atom is -0.349 e. The van der Waals surface area contributed by atoms with Gasteiger partial charge in [0.15, 0.2) is 0 Å². The molecule has 1 aliphatic rings. The minimum atomic E-state index is 0.0220. The van der Waals surface area contributed by atoms with Crippen molar-refractivity contribution in [1.82, 2.24) is 5.32 Å². The molecule has 1 aromatic heterocycles. The van der Waals surface area contributed by atoms with Crippen molar-refractivity contribution in [3.63, 3.8) is 0 Å². The lowest BCUT2D eigenvalue weighted by atomic mass is 10.2. The zero-order valence-electron chi connectivity index (χ0n) is 7.75. The van der Waals surface area contributed by atoms with Crippen molar-refractivity contribution in [2.75, 3.05) is 0 Å². The Morgan fingerprint density at radius 2 is 2.14 bits per heavy atom. The first-order valence-corrected chi connectivity index (χ1v) is 6.01. The van der Waals surface area contributed by atoms with Crippen LogP contribution in [0.25, 0.3) is 0 Å². The minimum absolute atomic E-state index is 0.0220. The van der Waals surface area contributed by atoms with Crippen LogP contribution in [0.4, 0.5) is 0 Å². The molecule has 0 aromatic carbocycles. The third kappa shape index (κ3) is 2.28. The molecule has 1 heterocycles. The van der Waals surface area contributed by atoms with Gasteiger partial charge in [-0.15, -0.1) is 11.3 Å². The van der Waals surface area contributed by atoms with Crippen molar-refractivity contribution < 1.29 is 4.79 Å². The fourth-order valence-corrected chi connectivity index (χ4v) is 2.71. The summed E-state index contributed by atoms with van der Waals surface area (Å²) in [7, 11) is 0. The molecule has 0 radical (unpaired) electrons. The van der Waals surface area contributed by atoms with Crippen LogP contribution in [0.2, 0.25) is 4.34 Å². The van der Waals surface area contributed by atoms with E-state index in [1.807, 2.05) is 0 Å². The Bertz CT molecular complexity index is 331. The molecule has 1 aromatic rings. The number of hydrogen-bond acceptors (Lipinski definition) is 2. The van der Waals surface area contributed by atoms with Crippen molar-refractivity contribution in [2.24, 2.45) is 0 Å². The highest BCUT2D eigenvalue weighted by molar-refractivity contribution is 7.17. The van der Waals surface area contributed by atoms with E-state index in [9.17, 15) is 4.79 Å². The molecule has 0 saturated heterocycles. The van der Waals surface area contributed by atoms with Crippen molar-refractivity contribution in [2.45, 2.75) is 31.7 Å². The quantitative estimate of drug-likeness (QED) is 0.830. The van der Waals surface area contributed by atoms with E-state index in [1.165, 1.54) is 24.2 Å². The molecule has 0 unspecified atom stereocenters. The summed E-state index contributed by atoms with van der Waals surface area (Å²) in [5.74, 6) is 0.0220. The first-order chi connectivity index (χ1) is 6.75. The summed E-state index contributed by atoms with van der Waals surface area (Å²) >= 11 is 7.09. The van der Waals surface area contributed by atoms with E-state index in [1.54, 1.807) is 12.1 Å². The predicted molar refractivity (Wildman–Crippen MR) is 59.1 cm³/mol. The summed E-state index contributed by atoms with van der Waals surface area (Å²) in [6.07, 6.45) is 4.70. The molecule has 14 heavy (non-hydrogen) atoms. The van der Waals surface area contributed by atoms with Gasteiger partial charge in [0.2, 0.25) is 0 Å². The van der Waals surface area contributed by atoms with Crippen LogP contribution in [0.3, 0.4) is 0 Å². The van der Waals surface area contributed by atoms with Gasteiger partial charge in [0.05, 0.1) is 9.21 Å². The second-order valence-electron chi connectivity index (χ2n) is 3.56. The van der Waals surface area contributed by atoms with Gasteiger partial charge in [-0.3, -0.25) is 4.79 Å². The van der Waals surface area contributed by atoms with Crippen molar-refractivity contribution in [3.8, 4) is 0 Å². The van der Waals surface area contributed by atoms with Crippen LogP contribution in [-0.4, -0.2) is 11.9 Å². The molecule has 2 rings (SSSR count). The number of hydrogen-bond donors (Lipinski definition) is 1. The van der Waals surface area contributed by atoms with Gasteiger partial charge in [-0.05, 0) is 25.0 Å². The summed E-state index contributed by atoms with van der Waals surface area (Å²) in [4.78, 5) is 12.4. The predicted octanol–water partition coefficient (Wildman–Crippen LogP) is 3.07. The molecule has 1 aliphatic carbocycles. The van der Waals surface area contributed by atoms with Crippen molar-refractivity contribution in [1.29, 1.82) is 0 Å². The first-order valence-electron chi connectivity index (χ1n) is 4.82. The fraction of sp³-hybridized carbons (Fsp3) is 0.500. The highest BCUT2D eigenvalue weighted by Crippen LogP contribution is 2.23. The molecule has 2 nitrogen and oxygen atoms in total. The van der Waals surface area contributed by atoms with Gasteiger partial charge in [-0.1, -0.05) is 24.4 Å². The molecule has 0 atom stereocenters. The molecule has 1 amide bonds. The van der Waals surface area contributed by atoms with Gasteiger partial charge in [0.1, 0.15) is 0 Å². The molecule has 1 fully saturated rings. The summed E-state index contributed by atoms with van der Waals surface area (Å²) in [5, 5.41) is 3.02. The van der Waals surface area contributed by atoms with E-state index >= 15 is 0 Å². The van der Waals surface area contributed by atoms with E-state index in [0.717, 1.165) is 12.8 Å². The van der Waals surface area contributed by atoms with E-state index in [2.05, 4.69) is 5.32 Å². The summed E-state index contributed by atoms with van der Waals surface area (Å²) in [5.41, 5.74) is 0. The maximum atomic E-state index is 11.7. The summed E-state index contributed by atoms with van der Waals surface area (Å²) in [6, 6.07) is 3.91. The average molecular weight is 230 g/mol. The Morgan fingerprint density at radius 3 is 2.71 bits per heavy atom. The van der Waals surface area contributed by atoms with E-state index < -0.39 is 0 Å². The molecule has 76 valence electrons. The van der Waals surface area contributed by atoms with E-state index in [-0.39, 0.29) is 5.91 Å². The number of thiophene rings is 1. The Hall–Kier alpha value is -0.540. The maximum Gasteiger partial charge on any atom is 0.261 e. The Morgan fingerprint density at radius 1 is 1.43 bits per heavy atom. The molecule has 0 aliphatic heterocycles. The van der Waals surface area contributed by atoms with Crippen LogP contribution in [0.5, 0.6) is 0 Å². The lowest BCUT2D eigenvalue weighted by molar-refractivity contribution is 0.0942. The number of carbonyl (C=O) groups is 1.